The van der Waals surface area contributed by atoms with Gasteiger partial charge in [-0.25, -0.2) is 0 Å². The number of hydrogen-bond acceptors (Lipinski definition) is 7. The van der Waals surface area contributed by atoms with Crippen molar-refractivity contribution in [3.63, 3.8) is 0 Å². The Labute approximate surface area is 122 Å². The van der Waals surface area contributed by atoms with Crippen LogP contribution in [0.2, 0.25) is 0 Å². The van der Waals surface area contributed by atoms with E-state index in [1.165, 1.54) is 0 Å². The molecule has 1 aliphatic rings. The molecule has 1 rings (SSSR count). The fraction of sp³-hybridized carbons (Fsp3) is 1.00. The molecule has 1 saturated heterocycles. The molecule has 0 atom stereocenters. The average molecular weight is 287 g/mol. The van der Waals surface area contributed by atoms with Crippen LogP contribution in [0.25, 0.3) is 0 Å². The highest BCUT2D eigenvalue weighted by Gasteiger charge is 2.24. The lowest BCUT2D eigenvalue weighted by atomic mass is 9.97. The largest absolute Gasteiger partial charge is 0.329 e. The molecule has 0 aromatic carbocycles. The number of hydrogen-bond donors (Lipinski definition) is 7. The van der Waals surface area contributed by atoms with E-state index in [2.05, 4.69) is 28.2 Å². The number of nitrogens with two attached hydrogens (primary N) is 3. The minimum Gasteiger partial charge on any atom is -0.329 e. The fourth-order valence-corrected chi connectivity index (χ4v) is 2.22. The van der Waals surface area contributed by atoms with Gasteiger partial charge in [0.1, 0.15) is 0 Å². The second kappa shape index (κ2) is 8.89. The van der Waals surface area contributed by atoms with Crippen molar-refractivity contribution >= 4 is 0 Å². The van der Waals surface area contributed by atoms with Crippen LogP contribution in [-0.2, 0) is 0 Å². The first-order chi connectivity index (χ1) is 9.54. The lowest BCUT2D eigenvalue weighted by molar-refractivity contribution is 0.340. The van der Waals surface area contributed by atoms with Crippen LogP contribution in [0.1, 0.15) is 13.3 Å². The van der Waals surface area contributed by atoms with Crippen LogP contribution >= 0.6 is 0 Å². The second-order valence-corrected chi connectivity index (χ2v) is 5.99. The topological polar surface area (TPSA) is 126 Å². The van der Waals surface area contributed by atoms with Crippen LogP contribution in [0.4, 0.5) is 0 Å². The van der Waals surface area contributed by atoms with E-state index in [-0.39, 0.29) is 11.1 Å². The Morgan fingerprint density at radius 3 is 1.40 bits per heavy atom. The molecule has 10 N–H and O–H groups in total. The monoisotopic (exact) mass is 287 g/mol. The van der Waals surface area contributed by atoms with E-state index in [0.717, 1.165) is 45.7 Å². The molecular weight excluding hydrogens is 254 g/mol. The first-order valence-corrected chi connectivity index (χ1v) is 7.64. The second-order valence-electron chi connectivity index (χ2n) is 5.99. The Morgan fingerprint density at radius 2 is 1.10 bits per heavy atom. The highest BCUT2D eigenvalue weighted by atomic mass is 15.1. The standard InChI is InChI=1S/C13H33N7/c1-2-12(15)8-17-3-5-19-10-13(16,7-14)11-20-6-4-18-9-12/h17-20H,2-11,14-16H2,1H3. The summed E-state index contributed by atoms with van der Waals surface area (Å²) in [6.45, 7) is 9.16. The highest BCUT2D eigenvalue weighted by Crippen LogP contribution is 2.03. The molecule has 0 radical (unpaired) electrons. The molecule has 120 valence electrons. The third kappa shape index (κ3) is 6.45. The van der Waals surface area contributed by atoms with Crippen LogP contribution in [-0.4, -0.2) is 70.0 Å². The van der Waals surface area contributed by atoms with Crippen molar-refractivity contribution in [1.82, 2.24) is 21.3 Å². The van der Waals surface area contributed by atoms with Crippen molar-refractivity contribution in [3.8, 4) is 0 Å². The zero-order chi connectivity index (χ0) is 14.9. The Kier molecular flexibility index (Phi) is 7.90. The van der Waals surface area contributed by atoms with E-state index in [1.807, 2.05) is 0 Å². The SMILES string of the molecule is CCC1(N)CNCCNCC(N)(CN)CNCCNC1. The van der Waals surface area contributed by atoms with Crippen molar-refractivity contribution < 1.29 is 0 Å². The summed E-state index contributed by atoms with van der Waals surface area (Å²) in [5, 5.41) is 13.5. The van der Waals surface area contributed by atoms with E-state index >= 15 is 0 Å². The Hall–Kier alpha value is -0.280. The molecule has 0 spiro atoms. The summed E-state index contributed by atoms with van der Waals surface area (Å²) in [5.74, 6) is 0. The zero-order valence-corrected chi connectivity index (χ0v) is 12.8. The third-order valence-electron chi connectivity index (χ3n) is 3.98. The Balaban J connectivity index is 2.45. The van der Waals surface area contributed by atoms with Gasteiger partial charge in [0.2, 0.25) is 0 Å². The van der Waals surface area contributed by atoms with Gasteiger partial charge in [-0.1, -0.05) is 6.92 Å². The summed E-state index contributed by atoms with van der Waals surface area (Å²) < 4.78 is 0. The van der Waals surface area contributed by atoms with Gasteiger partial charge in [-0.3, -0.25) is 0 Å². The molecule has 0 amide bonds. The highest BCUT2D eigenvalue weighted by molar-refractivity contribution is 4.91. The number of rotatable bonds is 2. The summed E-state index contributed by atoms with van der Waals surface area (Å²) in [6.07, 6.45) is 0.951. The van der Waals surface area contributed by atoms with Crippen molar-refractivity contribution in [2.24, 2.45) is 17.2 Å². The van der Waals surface area contributed by atoms with Gasteiger partial charge in [0.25, 0.3) is 0 Å². The van der Waals surface area contributed by atoms with Gasteiger partial charge in [0, 0.05) is 64.4 Å². The lowest BCUT2D eigenvalue weighted by Crippen LogP contribution is -2.61. The van der Waals surface area contributed by atoms with Gasteiger partial charge in [0.15, 0.2) is 0 Å². The molecular formula is C13H33N7. The van der Waals surface area contributed by atoms with Crippen molar-refractivity contribution in [2.75, 3.05) is 58.9 Å². The lowest BCUT2D eigenvalue weighted by Gasteiger charge is -2.31. The summed E-state index contributed by atoms with van der Waals surface area (Å²) in [7, 11) is 0. The summed E-state index contributed by atoms with van der Waals surface area (Å²) >= 11 is 0. The first-order valence-electron chi connectivity index (χ1n) is 7.64. The van der Waals surface area contributed by atoms with Gasteiger partial charge in [-0.15, -0.1) is 0 Å². The van der Waals surface area contributed by atoms with E-state index < -0.39 is 0 Å². The third-order valence-corrected chi connectivity index (χ3v) is 3.98. The van der Waals surface area contributed by atoms with Crippen LogP contribution in [0.15, 0.2) is 0 Å². The molecule has 1 heterocycles. The molecule has 20 heavy (non-hydrogen) atoms. The fourth-order valence-electron chi connectivity index (χ4n) is 2.22. The Bertz CT molecular complexity index is 217. The van der Waals surface area contributed by atoms with E-state index in [4.69, 9.17) is 17.2 Å². The number of nitrogens with one attached hydrogen (secondary N) is 4. The summed E-state index contributed by atoms with van der Waals surface area (Å²) in [4.78, 5) is 0. The Morgan fingerprint density at radius 1 is 0.750 bits per heavy atom. The molecule has 1 aliphatic heterocycles. The molecule has 0 aromatic heterocycles. The molecule has 0 saturated carbocycles. The van der Waals surface area contributed by atoms with Gasteiger partial charge in [-0.2, -0.15) is 0 Å². The average Bonchev–Trinajstić information content (AvgIpc) is 2.46. The first kappa shape index (κ1) is 17.8. The van der Waals surface area contributed by atoms with Crippen LogP contribution in [0, 0.1) is 0 Å². The molecule has 0 aliphatic carbocycles. The van der Waals surface area contributed by atoms with Crippen molar-refractivity contribution in [1.29, 1.82) is 0 Å². The van der Waals surface area contributed by atoms with Crippen LogP contribution < -0.4 is 38.5 Å². The van der Waals surface area contributed by atoms with E-state index in [1.54, 1.807) is 0 Å². The maximum absolute atomic E-state index is 6.37. The van der Waals surface area contributed by atoms with Gasteiger partial charge in [-0.05, 0) is 6.42 Å². The van der Waals surface area contributed by atoms with E-state index in [0.29, 0.717) is 19.6 Å². The van der Waals surface area contributed by atoms with Crippen molar-refractivity contribution in [3.05, 3.63) is 0 Å². The van der Waals surface area contributed by atoms with Crippen molar-refractivity contribution in [2.45, 2.75) is 24.4 Å². The normalized spacial score (nSPS) is 35.4. The van der Waals surface area contributed by atoms with Gasteiger partial charge in [0.05, 0.1) is 5.54 Å². The maximum Gasteiger partial charge on any atom is 0.0531 e. The smallest absolute Gasteiger partial charge is 0.0531 e. The molecule has 7 heteroatoms. The predicted molar refractivity (Wildman–Crippen MR) is 84.7 cm³/mol. The predicted octanol–water partition coefficient (Wildman–Crippen LogP) is -2.88. The van der Waals surface area contributed by atoms with Gasteiger partial charge >= 0.3 is 0 Å². The minimum atomic E-state index is -0.384. The minimum absolute atomic E-state index is 0.182. The van der Waals surface area contributed by atoms with Crippen LogP contribution in [0.3, 0.4) is 0 Å². The molecule has 1 fully saturated rings. The molecule has 0 aromatic rings. The van der Waals surface area contributed by atoms with Crippen LogP contribution in [0.5, 0.6) is 0 Å². The van der Waals surface area contributed by atoms with Gasteiger partial charge < -0.3 is 38.5 Å². The maximum atomic E-state index is 6.37. The zero-order valence-electron chi connectivity index (χ0n) is 12.8. The van der Waals surface area contributed by atoms with E-state index in [9.17, 15) is 0 Å². The summed E-state index contributed by atoms with van der Waals surface area (Å²) in [6, 6.07) is 0. The quantitative estimate of drug-likeness (QED) is 0.291. The summed E-state index contributed by atoms with van der Waals surface area (Å²) in [5.41, 5.74) is 17.8. The molecule has 0 unspecified atom stereocenters. The molecule has 7 nitrogen and oxygen atoms in total. The molecule has 0 bridgehead atoms.